The van der Waals surface area contributed by atoms with E-state index < -0.39 is 0 Å². The molecule has 0 aromatic rings. The lowest BCUT2D eigenvalue weighted by molar-refractivity contribution is -0.117. The Balaban J connectivity index is 2.31. The molecule has 2 bridgehead atoms. The fourth-order valence-corrected chi connectivity index (χ4v) is 1.91. The van der Waals surface area contributed by atoms with Crippen molar-refractivity contribution < 1.29 is 4.79 Å². The number of allylic oxidation sites excluding steroid dienone is 4. The third-order valence-corrected chi connectivity index (χ3v) is 2.68. The number of carbonyl (C=O) groups is 1. The molecule has 2 atom stereocenters. The molecule has 0 fully saturated rings. The number of halogens is 1. The van der Waals surface area contributed by atoms with Gasteiger partial charge in [0, 0.05) is 5.92 Å². The molecular formula is C9H9ClO. The molecule has 1 nitrogen and oxygen atoms in total. The summed E-state index contributed by atoms with van der Waals surface area (Å²) >= 11 is 5.74. The summed E-state index contributed by atoms with van der Waals surface area (Å²) in [6.45, 7) is 0. The lowest BCUT2D eigenvalue weighted by Crippen LogP contribution is -2.08. The minimum absolute atomic E-state index is 0.0752. The van der Waals surface area contributed by atoms with Crippen molar-refractivity contribution in [3.05, 3.63) is 23.3 Å². The first-order valence-corrected chi connectivity index (χ1v) is 4.23. The molecule has 2 rings (SSSR count). The minimum atomic E-state index is 0.0752. The van der Waals surface area contributed by atoms with Gasteiger partial charge >= 0.3 is 0 Å². The Hall–Kier alpha value is -0.560. The van der Waals surface area contributed by atoms with Crippen LogP contribution in [0.5, 0.6) is 0 Å². The molecule has 0 saturated carbocycles. The van der Waals surface area contributed by atoms with E-state index in [1.165, 1.54) is 0 Å². The summed E-state index contributed by atoms with van der Waals surface area (Å²) in [5, 5.41) is 0.432. The second-order valence-electron chi connectivity index (χ2n) is 3.14. The van der Waals surface area contributed by atoms with Gasteiger partial charge in [0.25, 0.3) is 0 Å². The number of rotatable bonds is 0. The minimum Gasteiger partial charge on any atom is -0.293 e. The van der Waals surface area contributed by atoms with Crippen molar-refractivity contribution in [2.24, 2.45) is 11.8 Å². The summed E-state index contributed by atoms with van der Waals surface area (Å²) in [5.41, 5.74) is 0. The first-order chi connectivity index (χ1) is 5.27. The molecule has 0 spiro atoms. The molecule has 0 N–H and O–H groups in total. The summed E-state index contributed by atoms with van der Waals surface area (Å²) < 4.78 is 0. The van der Waals surface area contributed by atoms with Crippen LogP contribution in [0, 0.1) is 11.8 Å². The molecule has 0 saturated heterocycles. The predicted molar refractivity (Wildman–Crippen MR) is 44.3 cm³/mol. The zero-order valence-corrected chi connectivity index (χ0v) is 6.84. The number of ketones is 1. The molecule has 0 heterocycles. The van der Waals surface area contributed by atoms with E-state index >= 15 is 0 Å². The van der Waals surface area contributed by atoms with Crippen molar-refractivity contribution in [1.29, 1.82) is 0 Å². The first-order valence-electron chi connectivity index (χ1n) is 3.85. The molecule has 0 aromatic carbocycles. The topological polar surface area (TPSA) is 17.1 Å². The first kappa shape index (κ1) is 7.11. The quantitative estimate of drug-likeness (QED) is 0.508. The van der Waals surface area contributed by atoms with Gasteiger partial charge < -0.3 is 0 Å². The van der Waals surface area contributed by atoms with E-state index in [0.717, 1.165) is 12.8 Å². The van der Waals surface area contributed by atoms with Crippen LogP contribution in [-0.2, 0) is 4.79 Å². The fourth-order valence-electron chi connectivity index (χ4n) is 1.68. The highest BCUT2D eigenvalue weighted by Gasteiger charge is 2.28. The molecule has 0 aliphatic heterocycles. The average Bonchev–Trinajstić information content (AvgIpc) is 2.41. The van der Waals surface area contributed by atoms with Crippen molar-refractivity contribution in [3.63, 3.8) is 0 Å². The van der Waals surface area contributed by atoms with Crippen LogP contribution in [0.1, 0.15) is 12.8 Å². The Kier molecular flexibility index (Phi) is 1.61. The van der Waals surface area contributed by atoms with Crippen LogP contribution in [0.15, 0.2) is 23.3 Å². The van der Waals surface area contributed by atoms with Crippen LogP contribution in [-0.4, -0.2) is 5.78 Å². The molecule has 2 aliphatic carbocycles. The van der Waals surface area contributed by atoms with E-state index in [1.807, 2.05) is 12.2 Å². The van der Waals surface area contributed by atoms with Crippen molar-refractivity contribution in [3.8, 4) is 0 Å². The van der Waals surface area contributed by atoms with E-state index in [4.69, 9.17) is 11.6 Å². The summed E-state index contributed by atoms with van der Waals surface area (Å²) in [4.78, 5) is 11.4. The number of hydrogen-bond donors (Lipinski definition) is 0. The van der Waals surface area contributed by atoms with Gasteiger partial charge in [-0.05, 0) is 18.8 Å². The Bertz CT molecular complexity index is 252. The normalized spacial score (nSPS) is 35.4. The van der Waals surface area contributed by atoms with Crippen LogP contribution < -0.4 is 0 Å². The largest absolute Gasteiger partial charge is 0.293 e. The zero-order chi connectivity index (χ0) is 7.84. The molecule has 0 radical (unpaired) electrons. The summed E-state index contributed by atoms with van der Waals surface area (Å²) in [6, 6.07) is 0. The molecule has 11 heavy (non-hydrogen) atoms. The number of Topliss-reactive ketones (excluding diaryl/α,β-unsaturated/α-hetero) is 1. The molecule has 58 valence electrons. The molecular weight excluding hydrogens is 160 g/mol. The van der Waals surface area contributed by atoms with Crippen molar-refractivity contribution in [1.82, 2.24) is 0 Å². The Morgan fingerprint density at radius 1 is 1.45 bits per heavy atom. The fraction of sp³-hybridized carbons (Fsp3) is 0.444. The monoisotopic (exact) mass is 168 g/mol. The zero-order valence-electron chi connectivity index (χ0n) is 6.09. The van der Waals surface area contributed by atoms with Crippen LogP contribution in [0.4, 0.5) is 0 Å². The molecule has 0 amide bonds. The summed E-state index contributed by atoms with van der Waals surface area (Å²) in [5.74, 6) is 0.731. The van der Waals surface area contributed by atoms with E-state index in [-0.39, 0.29) is 11.7 Å². The van der Waals surface area contributed by atoms with Crippen LogP contribution in [0.25, 0.3) is 0 Å². The van der Waals surface area contributed by atoms with Gasteiger partial charge in [0.05, 0.1) is 5.03 Å². The molecule has 0 aromatic heterocycles. The van der Waals surface area contributed by atoms with Crippen molar-refractivity contribution in [2.75, 3.05) is 0 Å². The van der Waals surface area contributed by atoms with Crippen LogP contribution in [0.3, 0.4) is 0 Å². The van der Waals surface area contributed by atoms with Gasteiger partial charge in [0.1, 0.15) is 0 Å². The van der Waals surface area contributed by atoms with Gasteiger partial charge in [-0.3, -0.25) is 4.79 Å². The van der Waals surface area contributed by atoms with Crippen LogP contribution in [0.2, 0.25) is 0 Å². The van der Waals surface area contributed by atoms with Gasteiger partial charge in [-0.15, -0.1) is 0 Å². The third-order valence-electron chi connectivity index (χ3n) is 2.34. The van der Waals surface area contributed by atoms with Crippen LogP contribution >= 0.6 is 11.6 Å². The van der Waals surface area contributed by atoms with E-state index in [9.17, 15) is 4.79 Å². The maximum atomic E-state index is 11.4. The third kappa shape index (κ3) is 1.14. The van der Waals surface area contributed by atoms with Gasteiger partial charge in [0.2, 0.25) is 0 Å². The SMILES string of the molecule is O=C1C(Cl)=CCC2C=CC1C2. The highest BCUT2D eigenvalue weighted by Crippen LogP contribution is 2.33. The summed E-state index contributed by atoms with van der Waals surface area (Å²) in [7, 11) is 0. The van der Waals surface area contributed by atoms with E-state index in [2.05, 4.69) is 6.08 Å². The smallest absolute Gasteiger partial charge is 0.180 e. The van der Waals surface area contributed by atoms with Gasteiger partial charge in [0.15, 0.2) is 5.78 Å². The number of hydrogen-bond acceptors (Lipinski definition) is 1. The second kappa shape index (κ2) is 2.49. The highest BCUT2D eigenvalue weighted by molar-refractivity contribution is 6.43. The number of fused-ring (bicyclic) bond motifs is 2. The maximum absolute atomic E-state index is 11.4. The van der Waals surface area contributed by atoms with E-state index in [1.54, 1.807) is 0 Å². The maximum Gasteiger partial charge on any atom is 0.180 e. The Labute approximate surface area is 70.7 Å². The lowest BCUT2D eigenvalue weighted by atomic mass is 10.0. The van der Waals surface area contributed by atoms with Gasteiger partial charge in [-0.2, -0.15) is 0 Å². The molecule has 2 unspecified atom stereocenters. The van der Waals surface area contributed by atoms with Gasteiger partial charge in [-0.25, -0.2) is 0 Å². The average molecular weight is 169 g/mol. The predicted octanol–water partition coefficient (Wildman–Crippen LogP) is 2.27. The lowest BCUT2D eigenvalue weighted by Gasteiger charge is -2.02. The Morgan fingerprint density at radius 3 is 3.09 bits per heavy atom. The molecule has 2 aliphatic rings. The highest BCUT2D eigenvalue weighted by atomic mass is 35.5. The Morgan fingerprint density at radius 2 is 2.27 bits per heavy atom. The van der Waals surface area contributed by atoms with Crippen molar-refractivity contribution >= 4 is 17.4 Å². The van der Waals surface area contributed by atoms with Crippen molar-refractivity contribution in [2.45, 2.75) is 12.8 Å². The molecule has 2 heteroatoms. The number of carbonyl (C=O) groups excluding carboxylic acids is 1. The summed E-state index contributed by atoms with van der Waals surface area (Å²) in [6.07, 6.45) is 7.85. The standard InChI is InChI=1S/C9H9ClO/c10-8-4-2-6-1-3-7(5-6)9(8)11/h1,3-4,6-7H,2,5H2. The second-order valence-corrected chi connectivity index (χ2v) is 3.55. The van der Waals surface area contributed by atoms with Gasteiger partial charge in [-0.1, -0.05) is 29.8 Å². The van der Waals surface area contributed by atoms with E-state index in [0.29, 0.717) is 11.0 Å².